The van der Waals surface area contributed by atoms with Crippen LogP contribution in [0.4, 0.5) is 0 Å². The van der Waals surface area contributed by atoms with E-state index in [1.54, 1.807) is 0 Å². The summed E-state index contributed by atoms with van der Waals surface area (Å²) in [7, 11) is 0. The average molecular weight is 119 g/mol. The summed E-state index contributed by atoms with van der Waals surface area (Å²) in [6.07, 6.45) is 0.931. The number of nitrogens with two attached hydrogens (primary N) is 1. The lowest BCUT2D eigenvalue weighted by molar-refractivity contribution is 0.698. The van der Waals surface area contributed by atoms with Gasteiger partial charge in [-0.25, -0.2) is 0 Å². The molecule has 0 aliphatic carbocycles. The largest absolute Gasteiger partial charge is 0.330 e. The van der Waals surface area contributed by atoms with Gasteiger partial charge in [-0.1, -0.05) is 0 Å². The number of nitrogens with zero attached hydrogens (tertiary/aromatic N) is 1. The molecule has 0 saturated carbocycles. The Morgan fingerprint density at radius 3 is 2.86 bits per heavy atom. The van der Waals surface area contributed by atoms with E-state index in [1.807, 2.05) is 0 Å². The Kier molecular flexibility index (Phi) is 5.60. The minimum absolute atomic E-state index is 0.692. The molecule has 0 spiro atoms. The summed E-state index contributed by atoms with van der Waals surface area (Å²) in [6.45, 7) is 1.48. The second-order valence-corrected chi connectivity index (χ2v) is 1.32. The van der Waals surface area contributed by atoms with Gasteiger partial charge >= 0.3 is 0 Å². The molecule has 0 amide bonds. The lowest BCUT2D eigenvalue weighted by Gasteiger charge is -1.91. The summed E-state index contributed by atoms with van der Waals surface area (Å²) in [5.41, 5.74) is 7.76. The zero-order valence-electron chi connectivity index (χ0n) is 4.05. The standard InChI is InChI=1S/C3H9N3S/c4-2-1-3-5-6-7/h1-4H2,(H,5,7). The lowest BCUT2D eigenvalue weighted by atomic mass is 10.4. The Hall–Kier alpha value is -0.220. The number of hydrogen-bond donors (Lipinski definition) is 2. The Bertz CT molecular complexity index is 47.4. The highest BCUT2D eigenvalue weighted by molar-refractivity contribution is 7.47. The molecule has 0 aromatic carbocycles. The predicted octanol–water partition coefficient (Wildman–Crippen LogP) is -0.430. The smallest absolute Gasteiger partial charge is 0.0625 e. The third-order valence-electron chi connectivity index (χ3n) is 0.557. The maximum Gasteiger partial charge on any atom is 0.0625 e. The zero-order chi connectivity index (χ0) is 5.54. The van der Waals surface area contributed by atoms with Crippen molar-refractivity contribution < 1.29 is 0 Å². The van der Waals surface area contributed by atoms with Crippen LogP contribution in [0.1, 0.15) is 6.42 Å². The first-order valence-electron chi connectivity index (χ1n) is 2.17. The SMILES string of the molecule is NCCCNN=S. The van der Waals surface area contributed by atoms with Crippen LogP contribution in [0.25, 0.3) is 0 Å². The van der Waals surface area contributed by atoms with Gasteiger partial charge in [-0.3, -0.25) is 5.43 Å². The van der Waals surface area contributed by atoms with Crippen LogP contribution in [-0.4, -0.2) is 13.1 Å². The molecule has 0 bridgehead atoms. The van der Waals surface area contributed by atoms with E-state index in [2.05, 4.69) is 22.3 Å². The fourth-order valence-corrected chi connectivity index (χ4v) is 0.318. The molecule has 42 valence electrons. The van der Waals surface area contributed by atoms with Gasteiger partial charge < -0.3 is 5.73 Å². The zero-order valence-corrected chi connectivity index (χ0v) is 4.87. The predicted molar refractivity (Wildman–Crippen MR) is 31.5 cm³/mol. The Balaban J connectivity index is 2.56. The van der Waals surface area contributed by atoms with Gasteiger partial charge in [-0.15, -0.1) is 4.47 Å². The van der Waals surface area contributed by atoms with Gasteiger partial charge in [0.05, 0.1) is 12.4 Å². The first-order valence-corrected chi connectivity index (χ1v) is 2.53. The number of rotatable bonds is 4. The normalized spacial score (nSPS) is 8.14. The van der Waals surface area contributed by atoms with Crippen molar-refractivity contribution in [2.24, 2.45) is 10.2 Å². The summed E-state index contributed by atoms with van der Waals surface area (Å²) < 4.78 is 3.25. The fraction of sp³-hybridized carbons (Fsp3) is 1.00. The Morgan fingerprint density at radius 1 is 1.71 bits per heavy atom. The topological polar surface area (TPSA) is 50.4 Å². The van der Waals surface area contributed by atoms with Gasteiger partial charge in [0.15, 0.2) is 0 Å². The van der Waals surface area contributed by atoms with Crippen LogP contribution in [0.15, 0.2) is 4.47 Å². The Labute approximate surface area is 48.4 Å². The van der Waals surface area contributed by atoms with Crippen LogP contribution in [0.2, 0.25) is 0 Å². The molecule has 0 aliphatic rings. The van der Waals surface area contributed by atoms with Crippen LogP contribution < -0.4 is 11.2 Å². The van der Waals surface area contributed by atoms with Crippen LogP contribution in [0.3, 0.4) is 0 Å². The highest BCUT2D eigenvalue weighted by Crippen LogP contribution is 1.66. The second-order valence-electron chi connectivity index (χ2n) is 1.14. The van der Waals surface area contributed by atoms with E-state index in [4.69, 9.17) is 5.73 Å². The molecule has 0 radical (unpaired) electrons. The highest BCUT2D eigenvalue weighted by Gasteiger charge is 1.76. The molecule has 0 rings (SSSR count). The van der Waals surface area contributed by atoms with E-state index in [-0.39, 0.29) is 0 Å². The molecule has 0 unspecified atom stereocenters. The third-order valence-corrected chi connectivity index (χ3v) is 0.686. The maximum absolute atomic E-state index is 5.15. The molecule has 0 atom stereocenters. The molecule has 4 heteroatoms. The molecule has 3 nitrogen and oxygen atoms in total. The summed E-state index contributed by atoms with van der Waals surface area (Å²) >= 11 is 4.24. The average Bonchev–Trinajstić information content (AvgIpc) is 1.69. The minimum atomic E-state index is 0.692. The minimum Gasteiger partial charge on any atom is -0.330 e. The molecule has 7 heavy (non-hydrogen) atoms. The first-order chi connectivity index (χ1) is 3.41. The molecule has 0 heterocycles. The number of hydrogen-bond acceptors (Lipinski definition) is 3. The molecule has 0 fully saturated rings. The quantitative estimate of drug-likeness (QED) is 0.390. The third kappa shape index (κ3) is 5.78. The molecule has 0 aliphatic heterocycles. The summed E-state index contributed by atoms with van der Waals surface area (Å²) in [5, 5.41) is 0. The van der Waals surface area contributed by atoms with Crippen LogP contribution >= 0.6 is 0 Å². The second kappa shape index (κ2) is 5.78. The van der Waals surface area contributed by atoms with Crippen molar-refractivity contribution in [1.29, 1.82) is 0 Å². The van der Waals surface area contributed by atoms with Crippen LogP contribution in [0, 0.1) is 0 Å². The molecular weight excluding hydrogens is 110 g/mol. The van der Waals surface area contributed by atoms with E-state index in [9.17, 15) is 0 Å². The highest BCUT2D eigenvalue weighted by atomic mass is 32.1. The summed E-state index contributed by atoms with van der Waals surface area (Å²) in [6, 6.07) is 0. The van der Waals surface area contributed by atoms with E-state index >= 15 is 0 Å². The monoisotopic (exact) mass is 119 g/mol. The van der Waals surface area contributed by atoms with Crippen molar-refractivity contribution in [3.05, 3.63) is 0 Å². The molecule has 0 saturated heterocycles. The number of nitrogens with one attached hydrogen (secondary N) is 1. The van der Waals surface area contributed by atoms with Crippen molar-refractivity contribution in [3.8, 4) is 0 Å². The van der Waals surface area contributed by atoms with Gasteiger partial charge in [0.2, 0.25) is 0 Å². The molecular formula is C3H9N3S. The van der Waals surface area contributed by atoms with E-state index in [1.165, 1.54) is 0 Å². The maximum atomic E-state index is 5.15. The van der Waals surface area contributed by atoms with E-state index in [0.29, 0.717) is 6.54 Å². The van der Waals surface area contributed by atoms with Crippen LogP contribution in [0.5, 0.6) is 0 Å². The Morgan fingerprint density at radius 2 is 2.43 bits per heavy atom. The molecule has 3 N–H and O–H groups in total. The van der Waals surface area contributed by atoms with E-state index < -0.39 is 0 Å². The van der Waals surface area contributed by atoms with Gasteiger partial charge in [-0.05, 0) is 13.0 Å². The van der Waals surface area contributed by atoms with Crippen molar-refractivity contribution in [3.63, 3.8) is 0 Å². The summed E-state index contributed by atoms with van der Waals surface area (Å²) in [4.78, 5) is 0. The fourth-order valence-electron chi connectivity index (χ4n) is 0.227. The summed E-state index contributed by atoms with van der Waals surface area (Å²) in [5.74, 6) is 0. The van der Waals surface area contributed by atoms with Gasteiger partial charge in [0.25, 0.3) is 0 Å². The first kappa shape index (κ1) is 6.78. The van der Waals surface area contributed by atoms with Gasteiger partial charge in [0.1, 0.15) is 0 Å². The van der Waals surface area contributed by atoms with Crippen molar-refractivity contribution in [1.82, 2.24) is 5.43 Å². The van der Waals surface area contributed by atoms with Crippen molar-refractivity contribution in [2.75, 3.05) is 13.1 Å². The van der Waals surface area contributed by atoms with Crippen molar-refractivity contribution >= 4 is 12.4 Å². The molecule has 0 aromatic rings. The van der Waals surface area contributed by atoms with E-state index in [0.717, 1.165) is 13.0 Å². The van der Waals surface area contributed by atoms with Gasteiger partial charge in [-0.2, -0.15) is 0 Å². The van der Waals surface area contributed by atoms with Gasteiger partial charge in [0, 0.05) is 6.54 Å². The lowest BCUT2D eigenvalue weighted by Crippen LogP contribution is -2.11. The van der Waals surface area contributed by atoms with Crippen molar-refractivity contribution in [2.45, 2.75) is 6.42 Å². The van der Waals surface area contributed by atoms with Crippen LogP contribution in [-0.2, 0) is 12.4 Å². The molecule has 0 aromatic heterocycles.